The van der Waals surface area contributed by atoms with Crippen molar-refractivity contribution in [1.82, 2.24) is 23.8 Å². The van der Waals surface area contributed by atoms with Gasteiger partial charge in [-0.15, -0.1) is 0 Å². The van der Waals surface area contributed by atoms with Crippen molar-refractivity contribution in [3.63, 3.8) is 0 Å². The molecule has 2 aromatic heterocycles. The van der Waals surface area contributed by atoms with E-state index in [4.69, 9.17) is 11.6 Å². The van der Waals surface area contributed by atoms with Crippen LogP contribution in [-0.4, -0.2) is 68.2 Å². The molecule has 1 aromatic carbocycles. The molecule has 206 valence electrons. The summed E-state index contributed by atoms with van der Waals surface area (Å²) < 4.78 is 3.96. The molecule has 6 rings (SSSR count). The lowest BCUT2D eigenvalue weighted by atomic mass is 9.83. The molecule has 2 saturated heterocycles. The Balaban J connectivity index is 1.13. The Morgan fingerprint density at radius 1 is 0.872 bits per heavy atom. The van der Waals surface area contributed by atoms with E-state index in [-0.39, 0.29) is 16.7 Å². The number of piperidine rings is 1. The molecule has 3 aliphatic heterocycles. The molecule has 0 saturated carbocycles. The summed E-state index contributed by atoms with van der Waals surface area (Å²) in [6, 6.07) is 15.2. The largest absolute Gasteiger partial charge is 0.503 e. The molecule has 9 heteroatoms. The van der Waals surface area contributed by atoms with Crippen molar-refractivity contribution < 1.29 is 5.11 Å². The van der Waals surface area contributed by atoms with E-state index in [1.807, 2.05) is 40.4 Å². The van der Waals surface area contributed by atoms with Crippen LogP contribution in [0.4, 0.5) is 0 Å². The van der Waals surface area contributed by atoms with Crippen molar-refractivity contribution in [2.45, 2.75) is 38.5 Å². The number of hydrogen-bond acceptors (Lipinski definition) is 6. The molecule has 5 heterocycles. The predicted octanol–water partition coefficient (Wildman–Crippen LogP) is 2.84. The lowest BCUT2D eigenvalue weighted by Gasteiger charge is -2.43. The Kier molecular flexibility index (Phi) is 7.37. The van der Waals surface area contributed by atoms with Crippen molar-refractivity contribution in [3.05, 3.63) is 96.8 Å². The van der Waals surface area contributed by atoms with Gasteiger partial charge in [0.05, 0.1) is 5.69 Å². The fourth-order valence-corrected chi connectivity index (χ4v) is 6.90. The molecule has 0 spiro atoms. The quantitative estimate of drug-likeness (QED) is 0.510. The third-order valence-electron chi connectivity index (χ3n) is 8.71. The first-order valence-corrected chi connectivity index (χ1v) is 14.2. The monoisotopic (exact) mass is 549 g/mol. The van der Waals surface area contributed by atoms with Crippen LogP contribution < -0.4 is 11.0 Å². The molecule has 3 aromatic rings. The third-order valence-corrected chi connectivity index (χ3v) is 8.95. The van der Waals surface area contributed by atoms with E-state index in [9.17, 15) is 14.7 Å². The summed E-state index contributed by atoms with van der Waals surface area (Å²) in [6.45, 7) is 8.14. The molecule has 0 amide bonds. The first kappa shape index (κ1) is 26.3. The maximum Gasteiger partial charge on any atom is 0.250 e. The molecule has 0 aliphatic carbocycles. The fraction of sp³-hybridized carbons (Fsp3) is 0.467. The Morgan fingerprint density at radius 2 is 1.62 bits per heavy atom. The second kappa shape index (κ2) is 10.9. The lowest BCUT2D eigenvalue weighted by Crippen LogP contribution is -2.47. The minimum atomic E-state index is -0.313. The molecule has 39 heavy (non-hydrogen) atoms. The van der Waals surface area contributed by atoms with Gasteiger partial charge < -0.3 is 14.2 Å². The van der Waals surface area contributed by atoms with E-state index in [2.05, 4.69) is 26.8 Å². The summed E-state index contributed by atoms with van der Waals surface area (Å²) in [5.74, 6) is 0.600. The highest BCUT2D eigenvalue weighted by atomic mass is 35.5. The van der Waals surface area contributed by atoms with Gasteiger partial charge in [0.1, 0.15) is 0 Å². The number of rotatable bonds is 6. The summed E-state index contributed by atoms with van der Waals surface area (Å²) in [4.78, 5) is 32.3. The average molecular weight is 550 g/mol. The summed E-state index contributed by atoms with van der Waals surface area (Å²) in [7, 11) is 1.96. The lowest BCUT2D eigenvalue weighted by molar-refractivity contribution is 0.110. The van der Waals surface area contributed by atoms with Crippen LogP contribution in [0.5, 0.6) is 5.75 Å². The van der Waals surface area contributed by atoms with Crippen LogP contribution in [-0.2, 0) is 33.2 Å². The molecule has 0 radical (unpaired) electrons. The maximum atomic E-state index is 12.8. The van der Waals surface area contributed by atoms with E-state index >= 15 is 0 Å². The van der Waals surface area contributed by atoms with Gasteiger partial charge in [-0.2, -0.15) is 0 Å². The van der Waals surface area contributed by atoms with Crippen molar-refractivity contribution in [2.24, 2.45) is 13.0 Å². The van der Waals surface area contributed by atoms with E-state index in [1.165, 1.54) is 5.56 Å². The molecule has 2 unspecified atom stereocenters. The molecule has 8 nitrogen and oxygen atoms in total. The van der Waals surface area contributed by atoms with Crippen LogP contribution in [0.25, 0.3) is 0 Å². The smallest absolute Gasteiger partial charge is 0.250 e. The maximum absolute atomic E-state index is 12.8. The van der Waals surface area contributed by atoms with Crippen molar-refractivity contribution in [3.8, 4) is 5.75 Å². The number of fused-ring (bicyclic) bond motifs is 4. The van der Waals surface area contributed by atoms with Crippen molar-refractivity contribution in [2.75, 3.05) is 39.3 Å². The normalized spacial score (nSPS) is 22.1. The second-order valence-corrected chi connectivity index (χ2v) is 11.9. The Labute approximate surface area is 233 Å². The Bertz CT molecular complexity index is 1480. The van der Waals surface area contributed by atoms with Crippen LogP contribution in [0, 0.1) is 5.92 Å². The number of aromatic nitrogens is 2. The molecule has 2 fully saturated rings. The first-order chi connectivity index (χ1) is 18.8. The van der Waals surface area contributed by atoms with Gasteiger partial charge in [-0.05, 0) is 36.1 Å². The number of likely N-dealkylation sites (tertiary alicyclic amines) is 1. The standard InChI is InChI=1S/C30H36ClN5O3/c1-32-25(19-35-16-22-12-23(18-35)26-6-3-7-29(38)36(26)17-22)14-28(37)30(39)27(32)20-34-10-8-33(9-11-34)15-21-4-2-5-24(31)13-21/h2-7,13-14,22-23,39H,8-12,15-20H2,1H3. The number of hydrogen-bond donors (Lipinski definition) is 1. The van der Waals surface area contributed by atoms with Crippen LogP contribution in [0.3, 0.4) is 0 Å². The van der Waals surface area contributed by atoms with E-state index < -0.39 is 0 Å². The molecule has 1 N–H and O–H groups in total. The Morgan fingerprint density at radius 3 is 2.38 bits per heavy atom. The van der Waals surface area contributed by atoms with Crippen LogP contribution >= 0.6 is 11.6 Å². The second-order valence-electron chi connectivity index (χ2n) is 11.4. The summed E-state index contributed by atoms with van der Waals surface area (Å²) in [5, 5.41) is 11.5. The van der Waals surface area contributed by atoms with Gasteiger partial charge >= 0.3 is 0 Å². The topological polar surface area (TPSA) is 73.9 Å². The number of piperazine rings is 1. The van der Waals surface area contributed by atoms with E-state index in [0.29, 0.717) is 30.6 Å². The zero-order chi connectivity index (χ0) is 27.1. The zero-order valence-electron chi connectivity index (χ0n) is 22.4. The molecule has 3 aliphatic rings. The third kappa shape index (κ3) is 5.57. The predicted molar refractivity (Wildman–Crippen MR) is 152 cm³/mol. The van der Waals surface area contributed by atoms with Gasteiger partial charge in [0.15, 0.2) is 5.75 Å². The van der Waals surface area contributed by atoms with Crippen LogP contribution in [0.2, 0.25) is 5.02 Å². The van der Waals surface area contributed by atoms with Crippen molar-refractivity contribution >= 4 is 11.6 Å². The van der Waals surface area contributed by atoms with E-state index in [0.717, 1.165) is 75.2 Å². The van der Waals surface area contributed by atoms with Gasteiger partial charge in [0.25, 0.3) is 5.56 Å². The fourth-order valence-electron chi connectivity index (χ4n) is 6.69. The average Bonchev–Trinajstić information content (AvgIpc) is 2.91. The highest BCUT2D eigenvalue weighted by molar-refractivity contribution is 6.30. The molecular formula is C30H36ClN5O3. The Hall–Kier alpha value is -2.91. The molecular weight excluding hydrogens is 514 g/mol. The van der Waals surface area contributed by atoms with Crippen LogP contribution in [0.15, 0.2) is 58.1 Å². The number of halogens is 1. The minimum absolute atomic E-state index is 0.0894. The number of aromatic hydroxyl groups is 1. The summed E-state index contributed by atoms with van der Waals surface area (Å²) in [6.07, 6.45) is 1.10. The zero-order valence-corrected chi connectivity index (χ0v) is 23.2. The SMILES string of the molecule is Cn1c(CN2CC3CC(C2)c2cccc(=O)n2C3)cc(=O)c(O)c1CN1CCN(Cc2cccc(Cl)c2)CC1. The van der Waals surface area contributed by atoms with Gasteiger partial charge in [0, 0.05) is 107 Å². The first-order valence-electron chi connectivity index (χ1n) is 13.9. The minimum Gasteiger partial charge on any atom is -0.503 e. The highest BCUT2D eigenvalue weighted by Gasteiger charge is 2.34. The van der Waals surface area contributed by atoms with Crippen LogP contribution in [0.1, 0.15) is 35.0 Å². The van der Waals surface area contributed by atoms with Gasteiger partial charge in [-0.3, -0.25) is 24.3 Å². The van der Waals surface area contributed by atoms with Gasteiger partial charge in [0.2, 0.25) is 5.43 Å². The summed E-state index contributed by atoms with van der Waals surface area (Å²) in [5.41, 5.74) is 3.70. The van der Waals surface area contributed by atoms with E-state index in [1.54, 1.807) is 12.1 Å². The number of benzene rings is 1. The molecule has 2 bridgehead atoms. The van der Waals surface area contributed by atoms with Gasteiger partial charge in [-0.25, -0.2) is 0 Å². The van der Waals surface area contributed by atoms with Gasteiger partial charge in [-0.1, -0.05) is 29.8 Å². The number of pyridine rings is 2. The summed E-state index contributed by atoms with van der Waals surface area (Å²) >= 11 is 6.15. The highest BCUT2D eigenvalue weighted by Crippen LogP contribution is 2.35. The molecule has 2 atom stereocenters. The number of nitrogens with zero attached hydrogens (tertiary/aromatic N) is 5. The van der Waals surface area contributed by atoms with Crippen molar-refractivity contribution in [1.29, 1.82) is 0 Å².